The van der Waals surface area contributed by atoms with E-state index in [1.807, 2.05) is 7.05 Å². The van der Waals surface area contributed by atoms with Crippen molar-refractivity contribution in [2.45, 2.75) is 24.9 Å². The molecule has 1 atom stereocenters. The van der Waals surface area contributed by atoms with Gasteiger partial charge in [-0.1, -0.05) is 0 Å². The first kappa shape index (κ1) is 24.2. The Morgan fingerprint density at radius 2 is 1.67 bits per heavy atom. The molecule has 1 aromatic heterocycles. The van der Waals surface area contributed by atoms with Gasteiger partial charge in [0.25, 0.3) is 0 Å². The summed E-state index contributed by atoms with van der Waals surface area (Å²) in [6, 6.07) is 19.5. The minimum Gasteiger partial charge on any atom is -0.418 e. The summed E-state index contributed by atoms with van der Waals surface area (Å²) in [5.74, 6) is 0. The molecule has 0 saturated heterocycles. The van der Waals surface area contributed by atoms with Crippen molar-refractivity contribution in [1.29, 1.82) is 0 Å². The van der Waals surface area contributed by atoms with Gasteiger partial charge in [-0.3, -0.25) is 0 Å². The van der Waals surface area contributed by atoms with Gasteiger partial charge in [-0.25, -0.2) is 0 Å². The number of halogens is 4. The molecule has 0 saturated carbocycles. The van der Waals surface area contributed by atoms with Crippen LogP contribution in [-0.4, -0.2) is 33.4 Å². The fourth-order valence-corrected chi connectivity index (χ4v) is 4.71. The number of hydrogen-bond donors (Lipinski definition) is 0. The van der Waals surface area contributed by atoms with E-state index >= 15 is 0 Å². The van der Waals surface area contributed by atoms with Gasteiger partial charge in [0, 0.05) is 0 Å². The van der Waals surface area contributed by atoms with Gasteiger partial charge in [0.1, 0.15) is 0 Å². The van der Waals surface area contributed by atoms with E-state index in [2.05, 4.69) is 89.4 Å². The maximum atomic E-state index is 9.75. The molecule has 1 heterocycles. The Kier molecular flexibility index (Phi) is 9.62. The fraction of sp³-hybridized carbons (Fsp3) is 0.286. The van der Waals surface area contributed by atoms with Crippen molar-refractivity contribution in [2.75, 3.05) is 6.61 Å². The van der Waals surface area contributed by atoms with Crippen LogP contribution in [0.5, 0.6) is 0 Å². The summed E-state index contributed by atoms with van der Waals surface area (Å²) in [6.45, 7) is 3.72. The van der Waals surface area contributed by atoms with Crippen LogP contribution >= 0.6 is 0 Å². The average Bonchev–Trinajstić information content (AvgIpc) is 3.10. The smallest absolute Gasteiger partial charge is 0.418 e. The summed E-state index contributed by atoms with van der Waals surface area (Å²) >= 11 is 0.413. The van der Waals surface area contributed by atoms with Crippen molar-refractivity contribution < 1.29 is 26.6 Å². The van der Waals surface area contributed by atoms with Gasteiger partial charge in [0.2, 0.25) is 0 Å². The van der Waals surface area contributed by atoms with E-state index in [0.29, 0.717) is 15.0 Å². The van der Waals surface area contributed by atoms with Crippen LogP contribution in [0.3, 0.4) is 0 Å². The zero-order valence-electron chi connectivity index (χ0n) is 16.9. The molecule has 30 heavy (non-hydrogen) atoms. The molecule has 0 aliphatic rings. The number of nitrogens with zero attached hydrogens (tertiary/aromatic N) is 2. The van der Waals surface area contributed by atoms with E-state index < -0.39 is 7.25 Å². The van der Waals surface area contributed by atoms with E-state index in [0.717, 1.165) is 18.5 Å². The molecule has 3 nitrogen and oxygen atoms in total. The van der Waals surface area contributed by atoms with E-state index in [4.69, 9.17) is 4.74 Å². The number of imidazole rings is 1. The largest absolute Gasteiger partial charge is 0.673 e. The topological polar surface area (TPSA) is 18.0 Å². The number of benzene rings is 2. The standard InChI is InChI=1S/C21H25N2OSe.BF4/c1-18-8-10-19(11-9-18)21(16-25-20-6-4-3-5-7-20)24-15-14-23-13-12-22(2)17-23;2-1(3,4)5/h3-13,17,21H,14-16H2,1-2H3;/q+1;-1. The zero-order chi connectivity index (χ0) is 22.0. The number of ether oxygens (including phenoxy) is 1. The minimum atomic E-state index is -6.00. The number of aromatic nitrogens is 2. The van der Waals surface area contributed by atoms with Crippen LogP contribution < -0.4 is 9.03 Å². The summed E-state index contributed by atoms with van der Waals surface area (Å²) in [7, 11) is -3.96. The number of rotatable bonds is 8. The quantitative estimate of drug-likeness (QED) is 0.266. The summed E-state index contributed by atoms with van der Waals surface area (Å²) in [5, 5.41) is 1.06. The molecule has 0 spiro atoms. The Labute approximate surface area is 181 Å². The van der Waals surface area contributed by atoms with E-state index in [9.17, 15) is 17.3 Å². The molecule has 0 aliphatic carbocycles. The first-order valence-corrected chi connectivity index (χ1v) is 11.5. The van der Waals surface area contributed by atoms with Crippen molar-refractivity contribution in [3.8, 4) is 0 Å². The van der Waals surface area contributed by atoms with Crippen LogP contribution in [0.4, 0.5) is 17.3 Å². The molecule has 3 rings (SSSR count). The van der Waals surface area contributed by atoms with Gasteiger partial charge in [0.05, 0.1) is 0 Å². The molecule has 0 amide bonds. The van der Waals surface area contributed by atoms with Crippen molar-refractivity contribution in [3.05, 3.63) is 84.4 Å². The molecule has 9 heteroatoms. The van der Waals surface area contributed by atoms with Crippen molar-refractivity contribution in [1.82, 2.24) is 4.57 Å². The predicted molar refractivity (Wildman–Crippen MR) is 112 cm³/mol. The molecule has 0 bridgehead atoms. The van der Waals surface area contributed by atoms with E-state index in [1.165, 1.54) is 15.6 Å². The van der Waals surface area contributed by atoms with Crippen LogP contribution in [0.2, 0.25) is 5.32 Å². The van der Waals surface area contributed by atoms with Gasteiger partial charge in [-0.05, 0) is 0 Å². The summed E-state index contributed by atoms with van der Waals surface area (Å²) < 4.78 is 50.9. The summed E-state index contributed by atoms with van der Waals surface area (Å²) in [5.41, 5.74) is 2.57. The monoisotopic (exact) mass is 488 g/mol. The fourth-order valence-electron chi connectivity index (χ4n) is 2.64. The van der Waals surface area contributed by atoms with Crippen molar-refractivity contribution in [3.63, 3.8) is 0 Å². The second-order valence-electron chi connectivity index (χ2n) is 6.71. The van der Waals surface area contributed by atoms with Crippen LogP contribution in [-0.2, 0) is 18.3 Å². The zero-order valence-corrected chi connectivity index (χ0v) is 18.6. The van der Waals surface area contributed by atoms with Crippen LogP contribution in [0, 0.1) is 6.92 Å². The van der Waals surface area contributed by atoms with Crippen molar-refractivity contribution >= 4 is 26.7 Å². The van der Waals surface area contributed by atoms with Gasteiger partial charge < -0.3 is 17.3 Å². The SMILES string of the molecule is Cc1ccc(C(C[Se]c2ccccc2)OCCn2cc[n+](C)c2)cc1.F[B-](F)(F)F. The number of hydrogen-bond acceptors (Lipinski definition) is 1. The van der Waals surface area contributed by atoms with E-state index in [1.54, 1.807) is 0 Å². The Balaban J connectivity index is 0.000000575. The van der Waals surface area contributed by atoms with Crippen LogP contribution in [0.1, 0.15) is 17.2 Å². The van der Waals surface area contributed by atoms with Gasteiger partial charge in [-0.2, -0.15) is 0 Å². The second-order valence-corrected chi connectivity index (χ2v) is 9.00. The Hall–Kier alpha value is -2.09. The van der Waals surface area contributed by atoms with Crippen molar-refractivity contribution in [2.24, 2.45) is 7.05 Å². The molecule has 0 radical (unpaired) electrons. The molecule has 3 aromatic rings. The van der Waals surface area contributed by atoms with Gasteiger partial charge >= 0.3 is 164 Å². The molecule has 0 fully saturated rings. The normalized spacial score (nSPS) is 12.2. The molecule has 0 N–H and O–H groups in total. The third-order valence-corrected chi connectivity index (χ3v) is 6.34. The third-order valence-electron chi connectivity index (χ3n) is 4.09. The predicted octanol–water partition coefficient (Wildman–Crippen LogP) is 4.13. The molecule has 2 aromatic carbocycles. The van der Waals surface area contributed by atoms with Crippen LogP contribution in [0.25, 0.3) is 0 Å². The Morgan fingerprint density at radius 1 is 1.03 bits per heavy atom. The van der Waals surface area contributed by atoms with Crippen LogP contribution in [0.15, 0.2) is 73.3 Å². The molecular weight excluding hydrogens is 462 g/mol. The molecule has 0 aliphatic heterocycles. The Bertz CT molecular complexity index is 867. The average molecular weight is 487 g/mol. The van der Waals surface area contributed by atoms with Gasteiger partial charge in [0.15, 0.2) is 0 Å². The maximum absolute atomic E-state index is 9.75. The second kappa shape index (κ2) is 11.9. The summed E-state index contributed by atoms with van der Waals surface area (Å²) in [6.07, 6.45) is 6.37. The molecular formula is C21H25BF4N2OSe. The first-order valence-electron chi connectivity index (χ1n) is 9.45. The third kappa shape index (κ3) is 10.1. The van der Waals surface area contributed by atoms with Gasteiger partial charge in [-0.15, -0.1) is 0 Å². The van der Waals surface area contributed by atoms with E-state index in [-0.39, 0.29) is 6.10 Å². The maximum Gasteiger partial charge on any atom is 0.673 e. The molecule has 162 valence electrons. The molecule has 1 unspecified atom stereocenters. The summed E-state index contributed by atoms with van der Waals surface area (Å²) in [4.78, 5) is 0. The Morgan fingerprint density at radius 3 is 2.23 bits per heavy atom. The number of aryl methyl sites for hydroxylation is 2. The first-order chi connectivity index (χ1) is 14.2. The minimum absolute atomic E-state index is 0.158.